The molecule has 0 aliphatic heterocycles. The molecule has 3 aromatic carbocycles. The zero-order chi connectivity index (χ0) is 26.9. The molecule has 1 aromatic heterocycles. The number of amides is 1. The minimum atomic E-state index is -0.225. The first-order chi connectivity index (χ1) is 18.4. The first kappa shape index (κ1) is 28.2. The van der Waals surface area contributed by atoms with Crippen LogP contribution in [-0.4, -0.2) is 29.5 Å². The minimum Gasteiger partial charge on any atom is -0.490 e. The summed E-state index contributed by atoms with van der Waals surface area (Å²) < 4.78 is 13.4. The number of nitrogens with one attached hydrogen (secondary N) is 1. The van der Waals surface area contributed by atoms with Crippen molar-refractivity contribution in [1.29, 1.82) is 0 Å². The summed E-state index contributed by atoms with van der Waals surface area (Å²) in [6.45, 7) is 4.87. The van der Waals surface area contributed by atoms with Gasteiger partial charge in [-0.05, 0) is 65.2 Å². The number of aryl methyl sites for hydroxylation is 1. The second-order valence-corrected chi connectivity index (χ2v) is 11.5. The highest BCUT2D eigenvalue weighted by Crippen LogP contribution is 2.37. The number of thiazole rings is 1. The Balaban J connectivity index is 1.32. The second kappa shape index (κ2) is 13.8. The number of hydrogen-bond donors (Lipinski definition) is 1. The largest absolute Gasteiger partial charge is 0.490 e. The lowest BCUT2D eigenvalue weighted by Crippen LogP contribution is -2.19. The SMILES string of the molecule is CCOc1cc(/C=N/NC(=O)CSc2nc(-c3ccc(Cl)cc3)cs2)cc(Br)c1OCc1cccc(C)c1. The molecule has 4 rings (SSSR count). The predicted molar refractivity (Wildman–Crippen MR) is 160 cm³/mol. The Bertz CT molecular complexity index is 1430. The molecule has 0 unspecified atom stereocenters. The molecule has 0 bridgehead atoms. The van der Waals surface area contributed by atoms with Crippen LogP contribution in [0, 0.1) is 6.92 Å². The van der Waals surface area contributed by atoms with E-state index in [2.05, 4.69) is 50.5 Å². The predicted octanol–water partition coefficient (Wildman–Crippen LogP) is 7.75. The van der Waals surface area contributed by atoms with E-state index in [0.29, 0.717) is 29.7 Å². The van der Waals surface area contributed by atoms with E-state index in [1.54, 1.807) is 6.21 Å². The third-order valence-electron chi connectivity index (χ3n) is 5.15. The summed E-state index contributed by atoms with van der Waals surface area (Å²) in [7, 11) is 0. The van der Waals surface area contributed by atoms with E-state index in [4.69, 9.17) is 21.1 Å². The molecular formula is C28H25BrClN3O3S2. The zero-order valence-corrected chi connectivity index (χ0v) is 24.7. The first-order valence-corrected chi connectivity index (χ1v) is 14.8. The number of hydrazone groups is 1. The van der Waals surface area contributed by atoms with E-state index in [9.17, 15) is 4.79 Å². The highest BCUT2D eigenvalue weighted by Gasteiger charge is 2.13. The molecule has 0 aliphatic rings. The van der Waals surface area contributed by atoms with Crippen molar-refractivity contribution in [2.24, 2.45) is 5.10 Å². The molecule has 0 fully saturated rings. The van der Waals surface area contributed by atoms with Crippen LogP contribution in [0.1, 0.15) is 23.6 Å². The summed E-state index contributed by atoms with van der Waals surface area (Å²) in [6.07, 6.45) is 1.57. The summed E-state index contributed by atoms with van der Waals surface area (Å²) in [5.74, 6) is 1.19. The molecule has 1 heterocycles. The van der Waals surface area contributed by atoms with Crippen LogP contribution in [0.3, 0.4) is 0 Å². The number of halogens is 2. The number of ether oxygens (including phenoxy) is 2. The number of hydrogen-bond acceptors (Lipinski definition) is 7. The van der Waals surface area contributed by atoms with Gasteiger partial charge in [0, 0.05) is 16.0 Å². The van der Waals surface area contributed by atoms with Gasteiger partial charge in [-0.15, -0.1) is 11.3 Å². The van der Waals surface area contributed by atoms with E-state index < -0.39 is 0 Å². The van der Waals surface area contributed by atoms with E-state index in [0.717, 1.165) is 31.2 Å². The number of carbonyl (C=O) groups excluding carboxylic acids is 1. The summed E-state index contributed by atoms with van der Waals surface area (Å²) in [5.41, 5.74) is 7.41. The maximum Gasteiger partial charge on any atom is 0.250 e. The van der Waals surface area contributed by atoms with Gasteiger partial charge in [0.1, 0.15) is 6.61 Å². The lowest BCUT2D eigenvalue weighted by atomic mass is 10.1. The third-order valence-corrected chi connectivity index (χ3v) is 8.01. The molecule has 196 valence electrons. The molecule has 0 aliphatic carbocycles. The Labute approximate surface area is 243 Å². The lowest BCUT2D eigenvalue weighted by molar-refractivity contribution is -0.118. The number of thioether (sulfide) groups is 1. The van der Waals surface area contributed by atoms with Gasteiger partial charge in [-0.3, -0.25) is 4.79 Å². The Morgan fingerprint density at radius 2 is 2.00 bits per heavy atom. The normalized spacial score (nSPS) is 11.1. The van der Waals surface area contributed by atoms with Gasteiger partial charge in [0.25, 0.3) is 5.91 Å². The van der Waals surface area contributed by atoms with E-state index in [1.165, 1.54) is 28.7 Å². The molecule has 38 heavy (non-hydrogen) atoms. The second-order valence-electron chi connectivity index (χ2n) is 8.13. The van der Waals surface area contributed by atoms with Gasteiger partial charge in [0.2, 0.25) is 0 Å². The summed E-state index contributed by atoms with van der Waals surface area (Å²) in [5, 5.41) is 6.75. The molecule has 4 aromatic rings. The standard InChI is InChI=1S/C28H25BrClN3O3S2/c1-3-35-25-13-20(12-23(29)27(25)36-15-19-6-4-5-18(2)11-19)14-31-33-26(34)17-38-28-32-24(16-37-28)21-7-9-22(30)10-8-21/h4-14,16H,3,15,17H2,1-2H3,(H,33,34)/b31-14+. The van der Waals surface area contributed by atoms with Crippen molar-refractivity contribution in [3.63, 3.8) is 0 Å². The van der Waals surface area contributed by atoms with Gasteiger partial charge < -0.3 is 9.47 Å². The maximum absolute atomic E-state index is 12.3. The lowest BCUT2D eigenvalue weighted by Gasteiger charge is -2.15. The molecule has 10 heteroatoms. The maximum atomic E-state index is 12.3. The van der Waals surface area contributed by atoms with Crippen molar-refractivity contribution < 1.29 is 14.3 Å². The Hall–Kier alpha value is -2.85. The molecule has 0 atom stereocenters. The monoisotopic (exact) mass is 629 g/mol. The molecule has 0 saturated carbocycles. The molecule has 1 N–H and O–H groups in total. The van der Waals surface area contributed by atoms with E-state index in [1.807, 2.05) is 60.8 Å². The van der Waals surface area contributed by atoms with Crippen LogP contribution >= 0.6 is 50.6 Å². The average molecular weight is 631 g/mol. The Kier molecular flexibility index (Phi) is 10.2. The van der Waals surface area contributed by atoms with E-state index in [-0.39, 0.29) is 11.7 Å². The fourth-order valence-corrected chi connectivity index (χ4v) is 5.77. The van der Waals surface area contributed by atoms with Crippen molar-refractivity contribution in [2.75, 3.05) is 12.4 Å². The fraction of sp³-hybridized carbons (Fsp3) is 0.179. The number of aromatic nitrogens is 1. The first-order valence-electron chi connectivity index (χ1n) is 11.7. The number of rotatable bonds is 11. The van der Waals surface area contributed by atoms with Gasteiger partial charge in [-0.25, -0.2) is 10.4 Å². The van der Waals surface area contributed by atoms with Crippen LogP contribution in [0.15, 0.2) is 80.0 Å². The summed E-state index contributed by atoms with van der Waals surface area (Å²) in [6, 6.07) is 19.4. The summed E-state index contributed by atoms with van der Waals surface area (Å²) >= 11 is 12.4. The zero-order valence-electron chi connectivity index (χ0n) is 20.7. The van der Waals surface area contributed by atoms with Crippen molar-refractivity contribution in [1.82, 2.24) is 10.4 Å². The van der Waals surface area contributed by atoms with Gasteiger partial charge in [-0.1, -0.05) is 65.3 Å². The van der Waals surface area contributed by atoms with Gasteiger partial charge >= 0.3 is 0 Å². The Morgan fingerprint density at radius 1 is 1.18 bits per heavy atom. The molecule has 0 saturated heterocycles. The molecule has 6 nitrogen and oxygen atoms in total. The van der Waals surface area contributed by atoms with Crippen LogP contribution in [0.2, 0.25) is 5.02 Å². The highest BCUT2D eigenvalue weighted by molar-refractivity contribution is 9.10. The number of nitrogens with zero attached hydrogens (tertiary/aromatic N) is 2. The van der Waals surface area contributed by atoms with Crippen LogP contribution in [0.4, 0.5) is 0 Å². The van der Waals surface area contributed by atoms with Crippen molar-refractivity contribution in [3.05, 3.63) is 92.2 Å². The number of benzene rings is 3. The Morgan fingerprint density at radius 3 is 2.76 bits per heavy atom. The molecule has 0 spiro atoms. The van der Waals surface area contributed by atoms with Crippen molar-refractivity contribution >= 4 is 62.8 Å². The molecular weight excluding hydrogens is 606 g/mol. The van der Waals surface area contributed by atoms with E-state index >= 15 is 0 Å². The van der Waals surface area contributed by atoms with Crippen LogP contribution in [0.5, 0.6) is 11.5 Å². The van der Waals surface area contributed by atoms with Crippen molar-refractivity contribution in [3.8, 4) is 22.8 Å². The van der Waals surface area contributed by atoms with Gasteiger partial charge in [-0.2, -0.15) is 5.10 Å². The smallest absolute Gasteiger partial charge is 0.250 e. The number of carbonyl (C=O) groups is 1. The summed E-state index contributed by atoms with van der Waals surface area (Å²) in [4.78, 5) is 16.9. The fourth-order valence-electron chi connectivity index (χ4n) is 3.44. The highest BCUT2D eigenvalue weighted by atomic mass is 79.9. The molecule has 1 amide bonds. The van der Waals surface area contributed by atoms with Crippen LogP contribution in [0.25, 0.3) is 11.3 Å². The minimum absolute atomic E-state index is 0.199. The topological polar surface area (TPSA) is 72.8 Å². The van der Waals surface area contributed by atoms with Gasteiger partial charge in [0.15, 0.2) is 15.8 Å². The van der Waals surface area contributed by atoms with Crippen LogP contribution < -0.4 is 14.9 Å². The van der Waals surface area contributed by atoms with Crippen LogP contribution in [-0.2, 0) is 11.4 Å². The quantitative estimate of drug-likeness (QED) is 0.104. The third kappa shape index (κ3) is 8.07. The van der Waals surface area contributed by atoms with Crippen molar-refractivity contribution in [2.45, 2.75) is 24.8 Å². The molecule has 0 radical (unpaired) electrons. The van der Waals surface area contributed by atoms with Gasteiger partial charge in [0.05, 0.1) is 28.7 Å². The average Bonchev–Trinajstić information content (AvgIpc) is 3.37.